The van der Waals surface area contributed by atoms with Gasteiger partial charge >= 0.3 is 6.18 Å². The number of sulfonamides is 1. The van der Waals surface area contributed by atoms with Crippen molar-refractivity contribution >= 4 is 15.8 Å². The van der Waals surface area contributed by atoms with Gasteiger partial charge in [-0.2, -0.15) is 13.2 Å². The highest BCUT2D eigenvalue weighted by atomic mass is 32.2. The number of aromatic nitrogens is 2. The molecule has 1 N–H and O–H groups in total. The Morgan fingerprint density at radius 1 is 1.15 bits per heavy atom. The third kappa shape index (κ3) is 3.69. The second kappa shape index (κ2) is 6.45. The average Bonchev–Trinajstić information content (AvgIpc) is 3.02. The summed E-state index contributed by atoms with van der Waals surface area (Å²) in [6.45, 7) is 1.25. The van der Waals surface area contributed by atoms with E-state index in [0.717, 1.165) is 12.1 Å². The maximum Gasteiger partial charge on any atom is 0.416 e. The third-order valence-electron chi connectivity index (χ3n) is 3.52. The molecule has 0 saturated heterocycles. The minimum Gasteiger partial charge on any atom is -0.354 e. The van der Waals surface area contributed by atoms with Crippen LogP contribution in [0.3, 0.4) is 0 Å². The van der Waals surface area contributed by atoms with Crippen molar-refractivity contribution in [2.45, 2.75) is 18.0 Å². The Morgan fingerprint density at radius 3 is 2.58 bits per heavy atom. The predicted molar refractivity (Wildman–Crippen MR) is 86.7 cm³/mol. The van der Waals surface area contributed by atoms with E-state index in [4.69, 9.17) is 4.52 Å². The van der Waals surface area contributed by atoms with Gasteiger partial charge in [0.1, 0.15) is 0 Å². The van der Waals surface area contributed by atoms with E-state index >= 15 is 0 Å². The largest absolute Gasteiger partial charge is 0.416 e. The van der Waals surface area contributed by atoms with Gasteiger partial charge in [-0.25, -0.2) is 8.42 Å². The summed E-state index contributed by atoms with van der Waals surface area (Å²) >= 11 is 0. The van der Waals surface area contributed by atoms with Gasteiger partial charge in [0.15, 0.2) is 11.6 Å². The number of halogens is 3. The van der Waals surface area contributed by atoms with E-state index in [9.17, 15) is 21.6 Å². The Bertz CT molecular complexity index is 1030. The lowest BCUT2D eigenvalue weighted by atomic mass is 10.1. The molecule has 0 aliphatic carbocycles. The highest BCUT2D eigenvalue weighted by Gasteiger charge is 2.33. The second-order valence-electron chi connectivity index (χ2n) is 5.40. The number of anilines is 1. The van der Waals surface area contributed by atoms with Crippen molar-refractivity contribution in [1.29, 1.82) is 0 Å². The fourth-order valence-corrected chi connectivity index (χ4v) is 3.25. The first kappa shape index (κ1) is 17.9. The Hall–Kier alpha value is -2.88. The lowest BCUT2D eigenvalue weighted by molar-refractivity contribution is -0.138. The molecule has 26 heavy (non-hydrogen) atoms. The average molecular weight is 383 g/mol. The van der Waals surface area contributed by atoms with Gasteiger partial charge in [-0.05, 0) is 36.8 Å². The summed E-state index contributed by atoms with van der Waals surface area (Å²) in [6, 6.07) is 7.43. The molecule has 0 radical (unpaired) electrons. The van der Waals surface area contributed by atoms with Crippen molar-refractivity contribution in [3.63, 3.8) is 0 Å². The second-order valence-corrected chi connectivity index (χ2v) is 7.08. The molecule has 0 saturated carbocycles. The van der Waals surface area contributed by atoms with Gasteiger partial charge in [-0.15, -0.1) is 0 Å². The smallest absolute Gasteiger partial charge is 0.354 e. The molecule has 3 rings (SSSR count). The highest BCUT2D eigenvalue weighted by molar-refractivity contribution is 7.92. The van der Waals surface area contributed by atoms with Crippen LogP contribution in [0.15, 0.2) is 58.2 Å². The number of aryl methyl sites for hydroxylation is 1. The zero-order valence-corrected chi connectivity index (χ0v) is 14.1. The van der Waals surface area contributed by atoms with E-state index in [1.165, 1.54) is 19.2 Å². The third-order valence-corrected chi connectivity index (χ3v) is 4.87. The molecule has 0 bridgehead atoms. The summed E-state index contributed by atoms with van der Waals surface area (Å²) in [5.74, 6) is 0.105. The van der Waals surface area contributed by atoms with Crippen LogP contribution < -0.4 is 4.72 Å². The van der Waals surface area contributed by atoms with Gasteiger partial charge in [0.2, 0.25) is 0 Å². The molecule has 10 heteroatoms. The fraction of sp³-hybridized carbons (Fsp3) is 0.125. The fourth-order valence-electron chi connectivity index (χ4n) is 2.24. The summed E-state index contributed by atoms with van der Waals surface area (Å²) in [4.78, 5) is 3.37. The number of nitrogens with zero attached hydrogens (tertiary/aromatic N) is 2. The highest BCUT2D eigenvalue weighted by Crippen LogP contribution is 2.33. The van der Waals surface area contributed by atoms with Gasteiger partial charge in [0.05, 0.1) is 10.5 Å². The van der Waals surface area contributed by atoms with Crippen LogP contribution >= 0.6 is 0 Å². The molecular formula is C16H12F3N3O3S. The minimum absolute atomic E-state index is 0.0725. The summed E-state index contributed by atoms with van der Waals surface area (Å²) in [5.41, 5.74) is -0.520. The first-order valence-electron chi connectivity index (χ1n) is 7.24. The van der Waals surface area contributed by atoms with Crippen molar-refractivity contribution in [2.75, 3.05) is 4.72 Å². The number of pyridine rings is 1. The van der Waals surface area contributed by atoms with E-state index in [2.05, 4.69) is 14.9 Å². The number of rotatable bonds is 4. The quantitative estimate of drug-likeness (QED) is 0.739. The monoisotopic (exact) mass is 383 g/mol. The van der Waals surface area contributed by atoms with Crippen LogP contribution in [0.25, 0.3) is 11.3 Å². The summed E-state index contributed by atoms with van der Waals surface area (Å²) < 4.78 is 70.8. The van der Waals surface area contributed by atoms with E-state index in [1.807, 2.05) is 0 Å². The van der Waals surface area contributed by atoms with E-state index in [0.29, 0.717) is 11.6 Å². The van der Waals surface area contributed by atoms with E-state index < -0.39 is 26.7 Å². The maximum absolute atomic E-state index is 13.0. The molecule has 136 valence electrons. The number of nitrogens with one attached hydrogen (secondary N) is 1. The van der Waals surface area contributed by atoms with Crippen molar-refractivity contribution in [3.8, 4) is 11.3 Å². The Kier molecular flexibility index (Phi) is 4.45. The van der Waals surface area contributed by atoms with Crippen molar-refractivity contribution in [1.82, 2.24) is 10.1 Å². The van der Waals surface area contributed by atoms with Gasteiger partial charge in [-0.1, -0.05) is 11.2 Å². The van der Waals surface area contributed by atoms with Crippen LogP contribution in [0.2, 0.25) is 0 Å². The van der Waals surface area contributed by atoms with Crippen LogP contribution in [-0.4, -0.2) is 18.6 Å². The summed E-state index contributed by atoms with van der Waals surface area (Å²) in [5, 5.41) is 3.58. The molecule has 0 fully saturated rings. The molecule has 2 heterocycles. The lowest BCUT2D eigenvalue weighted by Crippen LogP contribution is -2.15. The molecule has 0 unspecified atom stereocenters. The van der Waals surface area contributed by atoms with Gasteiger partial charge in [0.25, 0.3) is 10.0 Å². The van der Waals surface area contributed by atoms with Crippen molar-refractivity contribution in [3.05, 3.63) is 59.9 Å². The number of hydrogen-bond acceptors (Lipinski definition) is 5. The number of alkyl halides is 3. The SMILES string of the molecule is Cc1ccc(S(=O)(=O)Nc2cc(-c3cccnc3)on2)cc1C(F)(F)F. The molecule has 0 spiro atoms. The molecule has 1 aromatic carbocycles. The summed E-state index contributed by atoms with van der Waals surface area (Å²) in [6.07, 6.45) is -1.61. The Labute approximate surface area is 146 Å². The van der Waals surface area contributed by atoms with Crippen molar-refractivity contribution < 1.29 is 26.1 Å². The first-order valence-corrected chi connectivity index (χ1v) is 8.73. The molecule has 0 amide bonds. The minimum atomic E-state index is -4.66. The van der Waals surface area contributed by atoms with Crippen LogP contribution in [0.1, 0.15) is 11.1 Å². The van der Waals surface area contributed by atoms with Crippen LogP contribution in [0, 0.1) is 6.92 Å². The van der Waals surface area contributed by atoms with Crippen LogP contribution in [-0.2, 0) is 16.2 Å². The normalized spacial score (nSPS) is 12.2. The van der Waals surface area contributed by atoms with Gasteiger partial charge < -0.3 is 4.52 Å². The van der Waals surface area contributed by atoms with Crippen LogP contribution in [0.5, 0.6) is 0 Å². The Balaban J connectivity index is 1.90. The predicted octanol–water partition coefficient (Wildman–Crippen LogP) is 3.86. The topological polar surface area (TPSA) is 85.1 Å². The van der Waals surface area contributed by atoms with E-state index in [1.54, 1.807) is 18.3 Å². The zero-order chi connectivity index (χ0) is 18.9. The van der Waals surface area contributed by atoms with Gasteiger partial charge in [-0.3, -0.25) is 9.71 Å². The Morgan fingerprint density at radius 2 is 1.92 bits per heavy atom. The van der Waals surface area contributed by atoms with E-state index in [-0.39, 0.29) is 17.1 Å². The standard InChI is InChI=1S/C16H12F3N3O3S/c1-10-4-5-12(7-13(10)16(17,18)19)26(23,24)22-15-8-14(25-21-15)11-3-2-6-20-9-11/h2-9H,1H3,(H,21,22). The number of hydrogen-bond donors (Lipinski definition) is 1. The molecule has 3 aromatic rings. The van der Waals surface area contributed by atoms with Crippen molar-refractivity contribution in [2.24, 2.45) is 0 Å². The molecule has 6 nitrogen and oxygen atoms in total. The molecule has 0 aliphatic heterocycles. The molecular weight excluding hydrogens is 371 g/mol. The maximum atomic E-state index is 13.0. The van der Waals surface area contributed by atoms with Crippen LogP contribution in [0.4, 0.5) is 19.0 Å². The lowest BCUT2D eigenvalue weighted by Gasteiger charge is -2.12. The summed E-state index contributed by atoms with van der Waals surface area (Å²) in [7, 11) is -4.27. The molecule has 0 aliphatic rings. The number of benzene rings is 1. The first-order chi connectivity index (χ1) is 12.2. The van der Waals surface area contributed by atoms with Gasteiger partial charge in [0, 0.05) is 24.0 Å². The molecule has 0 atom stereocenters. The molecule has 2 aromatic heterocycles. The zero-order valence-electron chi connectivity index (χ0n) is 13.3.